The molecular weight excluding hydrogens is 488 g/mol. The van der Waals surface area contributed by atoms with Crippen molar-refractivity contribution < 1.29 is 33.4 Å². The van der Waals surface area contributed by atoms with Crippen LogP contribution in [0.1, 0.15) is 18.1 Å². The first-order chi connectivity index (χ1) is 18.4. The Bertz CT molecular complexity index is 1430. The third-order valence-corrected chi connectivity index (χ3v) is 5.43. The molecule has 1 heterocycles. The second-order valence-corrected chi connectivity index (χ2v) is 7.96. The Hall–Kier alpha value is -5.18. The topological polar surface area (TPSA) is 111 Å². The highest BCUT2D eigenvalue weighted by atomic mass is 16.6. The van der Waals surface area contributed by atoms with Crippen molar-refractivity contribution in [3.05, 3.63) is 95.6 Å². The van der Waals surface area contributed by atoms with Gasteiger partial charge in [-0.1, -0.05) is 36.4 Å². The number of imide groups is 2. The van der Waals surface area contributed by atoms with Crippen molar-refractivity contribution in [3.63, 3.8) is 0 Å². The molecule has 0 unspecified atom stereocenters. The third-order valence-electron chi connectivity index (χ3n) is 5.43. The molecule has 1 N–H and O–H groups in total. The van der Waals surface area contributed by atoms with Gasteiger partial charge in [0.1, 0.15) is 11.3 Å². The van der Waals surface area contributed by atoms with Gasteiger partial charge in [-0.25, -0.2) is 14.5 Å². The smallest absolute Gasteiger partial charge is 0.336 e. The molecule has 0 bridgehead atoms. The lowest BCUT2D eigenvalue weighted by Gasteiger charge is -2.26. The standard InChI is InChI=1S/C29H24N2O7/c1-3-37-25-18-20(9-15-24(25)38-26(32)16-10-19-7-5-4-6-8-19)17-23-27(33)30-29(35)31(28(23)34)21-11-13-22(36-2)14-12-21/h4-18H,3H2,1-2H3,(H,30,33,35)/b16-10+,23-17+. The van der Waals surface area contributed by atoms with Crippen LogP contribution in [0.3, 0.4) is 0 Å². The van der Waals surface area contributed by atoms with Crippen molar-refractivity contribution in [2.45, 2.75) is 6.92 Å². The van der Waals surface area contributed by atoms with E-state index in [1.54, 1.807) is 31.2 Å². The van der Waals surface area contributed by atoms with Crippen molar-refractivity contribution in [2.24, 2.45) is 0 Å². The SMILES string of the molecule is CCOc1cc(/C=C2\C(=O)NC(=O)N(c3ccc(OC)cc3)C2=O)ccc1OC(=O)/C=C/c1ccccc1. The number of barbiturate groups is 1. The van der Waals surface area contributed by atoms with Crippen molar-refractivity contribution in [1.82, 2.24) is 5.32 Å². The molecule has 3 aromatic rings. The van der Waals surface area contributed by atoms with E-state index in [4.69, 9.17) is 14.2 Å². The molecule has 192 valence electrons. The van der Waals surface area contributed by atoms with E-state index in [0.29, 0.717) is 11.3 Å². The molecule has 1 saturated heterocycles. The van der Waals surface area contributed by atoms with Gasteiger partial charge in [-0.3, -0.25) is 14.9 Å². The predicted octanol–water partition coefficient (Wildman–Crippen LogP) is 4.38. The van der Waals surface area contributed by atoms with E-state index in [0.717, 1.165) is 10.5 Å². The van der Waals surface area contributed by atoms with Crippen LogP contribution in [0.25, 0.3) is 12.2 Å². The summed E-state index contributed by atoms with van der Waals surface area (Å²) in [5, 5.41) is 2.18. The van der Waals surface area contributed by atoms with Crippen molar-refractivity contribution in [3.8, 4) is 17.2 Å². The molecule has 0 aromatic heterocycles. The van der Waals surface area contributed by atoms with Crippen LogP contribution < -0.4 is 24.4 Å². The molecule has 0 spiro atoms. The molecule has 0 atom stereocenters. The number of anilines is 1. The van der Waals surface area contributed by atoms with Gasteiger partial charge in [0, 0.05) is 6.08 Å². The number of urea groups is 1. The van der Waals surface area contributed by atoms with Gasteiger partial charge in [0.15, 0.2) is 11.5 Å². The number of esters is 1. The number of methoxy groups -OCH3 is 1. The average molecular weight is 513 g/mol. The molecule has 38 heavy (non-hydrogen) atoms. The van der Waals surface area contributed by atoms with Gasteiger partial charge in [0.2, 0.25) is 0 Å². The number of amides is 4. The third kappa shape index (κ3) is 5.96. The van der Waals surface area contributed by atoms with Crippen LogP contribution in [-0.2, 0) is 14.4 Å². The summed E-state index contributed by atoms with van der Waals surface area (Å²) in [5.41, 5.74) is 1.29. The average Bonchev–Trinajstić information content (AvgIpc) is 2.92. The zero-order chi connectivity index (χ0) is 27.1. The fourth-order valence-electron chi connectivity index (χ4n) is 3.63. The molecular formula is C29H24N2O7. The van der Waals surface area contributed by atoms with Crippen LogP contribution in [0.5, 0.6) is 17.2 Å². The maximum absolute atomic E-state index is 13.2. The van der Waals surface area contributed by atoms with E-state index in [9.17, 15) is 19.2 Å². The summed E-state index contributed by atoms with van der Waals surface area (Å²) in [7, 11) is 1.50. The van der Waals surface area contributed by atoms with E-state index < -0.39 is 23.8 Å². The number of nitrogens with zero attached hydrogens (tertiary/aromatic N) is 1. The summed E-state index contributed by atoms with van der Waals surface area (Å²) in [6.07, 6.45) is 4.27. The van der Waals surface area contributed by atoms with Gasteiger partial charge < -0.3 is 14.2 Å². The van der Waals surface area contributed by atoms with Crippen LogP contribution in [0.2, 0.25) is 0 Å². The Balaban J connectivity index is 1.58. The Morgan fingerprint density at radius 2 is 1.66 bits per heavy atom. The molecule has 4 amide bonds. The minimum atomic E-state index is -0.858. The fourth-order valence-corrected chi connectivity index (χ4v) is 3.63. The number of hydrogen-bond acceptors (Lipinski definition) is 7. The lowest BCUT2D eigenvalue weighted by Crippen LogP contribution is -2.54. The van der Waals surface area contributed by atoms with Crippen LogP contribution >= 0.6 is 0 Å². The van der Waals surface area contributed by atoms with E-state index in [1.165, 1.54) is 43.5 Å². The lowest BCUT2D eigenvalue weighted by molar-refractivity contribution is -0.129. The highest BCUT2D eigenvalue weighted by Crippen LogP contribution is 2.31. The van der Waals surface area contributed by atoms with Gasteiger partial charge in [-0.05, 0) is 66.6 Å². The Kier molecular flexibility index (Phi) is 7.98. The maximum Gasteiger partial charge on any atom is 0.336 e. The van der Waals surface area contributed by atoms with Crippen molar-refractivity contribution in [2.75, 3.05) is 18.6 Å². The van der Waals surface area contributed by atoms with Gasteiger partial charge >= 0.3 is 12.0 Å². The van der Waals surface area contributed by atoms with Gasteiger partial charge in [0.25, 0.3) is 11.8 Å². The molecule has 4 rings (SSSR count). The first-order valence-corrected chi connectivity index (χ1v) is 11.7. The Labute approximate surface area is 218 Å². The molecule has 9 heteroatoms. The normalized spacial score (nSPS) is 14.5. The second-order valence-electron chi connectivity index (χ2n) is 7.96. The summed E-state index contributed by atoms with van der Waals surface area (Å²) < 4.78 is 16.2. The van der Waals surface area contributed by atoms with Crippen LogP contribution in [0.15, 0.2) is 84.4 Å². The number of ether oxygens (including phenoxy) is 3. The number of benzene rings is 3. The zero-order valence-corrected chi connectivity index (χ0v) is 20.7. The van der Waals surface area contributed by atoms with Gasteiger partial charge in [0.05, 0.1) is 19.4 Å². The molecule has 1 aliphatic rings. The number of rotatable bonds is 8. The molecule has 0 radical (unpaired) electrons. The lowest BCUT2D eigenvalue weighted by atomic mass is 10.1. The maximum atomic E-state index is 13.2. The molecule has 1 aliphatic heterocycles. The van der Waals surface area contributed by atoms with E-state index in [1.807, 2.05) is 30.3 Å². The molecule has 0 aliphatic carbocycles. The Morgan fingerprint density at radius 3 is 2.34 bits per heavy atom. The van der Waals surface area contributed by atoms with Gasteiger partial charge in [-0.15, -0.1) is 0 Å². The van der Waals surface area contributed by atoms with Crippen LogP contribution in [0.4, 0.5) is 10.5 Å². The van der Waals surface area contributed by atoms with E-state index in [2.05, 4.69) is 5.32 Å². The largest absolute Gasteiger partial charge is 0.497 e. The monoisotopic (exact) mass is 512 g/mol. The first-order valence-electron chi connectivity index (χ1n) is 11.7. The summed E-state index contributed by atoms with van der Waals surface area (Å²) in [6, 6.07) is 19.3. The fraction of sp³-hybridized carbons (Fsp3) is 0.103. The predicted molar refractivity (Wildman–Crippen MR) is 141 cm³/mol. The second kappa shape index (κ2) is 11.7. The zero-order valence-electron chi connectivity index (χ0n) is 20.7. The van der Waals surface area contributed by atoms with Gasteiger partial charge in [-0.2, -0.15) is 0 Å². The summed E-state index contributed by atoms with van der Waals surface area (Å²) in [4.78, 5) is 51.3. The van der Waals surface area contributed by atoms with Crippen LogP contribution in [-0.4, -0.2) is 37.5 Å². The summed E-state index contributed by atoms with van der Waals surface area (Å²) in [5.74, 6) is -1.25. The van der Waals surface area contributed by atoms with E-state index in [-0.39, 0.29) is 29.4 Å². The Morgan fingerprint density at radius 1 is 0.921 bits per heavy atom. The quantitative estimate of drug-likeness (QED) is 0.206. The number of nitrogens with one attached hydrogen (secondary N) is 1. The molecule has 0 saturated carbocycles. The van der Waals surface area contributed by atoms with E-state index >= 15 is 0 Å². The molecule has 3 aromatic carbocycles. The highest BCUT2D eigenvalue weighted by Gasteiger charge is 2.36. The number of carbonyl (C=O) groups excluding carboxylic acids is 4. The number of carbonyl (C=O) groups is 4. The molecule has 1 fully saturated rings. The minimum Gasteiger partial charge on any atom is -0.497 e. The minimum absolute atomic E-state index is 0.172. The molecule has 9 nitrogen and oxygen atoms in total. The van der Waals surface area contributed by atoms with Crippen molar-refractivity contribution in [1.29, 1.82) is 0 Å². The van der Waals surface area contributed by atoms with Crippen molar-refractivity contribution >= 4 is 41.7 Å². The first kappa shape index (κ1) is 25.9. The summed E-state index contributed by atoms with van der Waals surface area (Å²) in [6.45, 7) is 2.05. The number of hydrogen-bond donors (Lipinski definition) is 1. The highest BCUT2D eigenvalue weighted by molar-refractivity contribution is 6.39. The van der Waals surface area contributed by atoms with Crippen LogP contribution in [0, 0.1) is 0 Å². The summed E-state index contributed by atoms with van der Waals surface area (Å²) >= 11 is 0.